The summed E-state index contributed by atoms with van der Waals surface area (Å²) in [4.78, 5) is 43.7. The monoisotopic (exact) mass is 654 g/mol. The van der Waals surface area contributed by atoms with Gasteiger partial charge >= 0.3 is 18.4 Å². The number of fused-ring (bicyclic) bond motifs is 1. The molecule has 2 fully saturated rings. The number of anilines is 1. The van der Waals surface area contributed by atoms with E-state index in [0.717, 1.165) is 22.4 Å². The number of nitrogens with zero attached hydrogens (tertiary/aromatic N) is 3. The maximum atomic E-state index is 13.5. The van der Waals surface area contributed by atoms with Crippen molar-refractivity contribution < 1.29 is 50.2 Å². The Kier molecular flexibility index (Phi) is 8.28. The Morgan fingerprint density at radius 3 is 2.37 bits per heavy atom. The van der Waals surface area contributed by atoms with Crippen LogP contribution in [0.4, 0.5) is 36.8 Å². The summed E-state index contributed by atoms with van der Waals surface area (Å²) in [5.74, 6) is -1.11. The van der Waals surface area contributed by atoms with Crippen LogP contribution in [0, 0.1) is 0 Å². The van der Waals surface area contributed by atoms with Gasteiger partial charge in [0.2, 0.25) is 5.91 Å². The molecule has 1 aromatic heterocycles. The number of aryl methyl sites for hydroxylation is 1. The van der Waals surface area contributed by atoms with Gasteiger partial charge in [0.25, 0.3) is 11.5 Å². The van der Waals surface area contributed by atoms with Crippen LogP contribution in [0.25, 0.3) is 11.0 Å². The molecule has 2 aromatic carbocycles. The summed E-state index contributed by atoms with van der Waals surface area (Å²) in [5, 5.41) is 13.3. The lowest BCUT2D eigenvalue weighted by Crippen LogP contribution is -2.56. The van der Waals surface area contributed by atoms with Crippen LogP contribution in [0.3, 0.4) is 0 Å². The van der Waals surface area contributed by atoms with Crippen LogP contribution in [0.15, 0.2) is 53.1 Å². The van der Waals surface area contributed by atoms with E-state index in [2.05, 4.69) is 5.32 Å². The molecule has 0 aliphatic carbocycles. The molecule has 0 bridgehead atoms. The number of piperazine rings is 1. The molecule has 2 aliphatic heterocycles. The standard InChI is InChI=1S/C31H32F6N4O5/c1-4-5-19-14-22(29(45,30(32,33)34)31(35,36)37)6-8-23(19)40-12-11-39(16-18(40)2)25(42)17-41-26(43)28(3,38-27(41)44)21-7-9-24-20(15-21)10-13-46-24/h6-10,13-15,18,45H,4-5,11-12,16-17H2,1-3H3,(H,38,44). The van der Waals surface area contributed by atoms with Crippen LogP contribution in [0.5, 0.6) is 0 Å². The molecule has 2 saturated heterocycles. The van der Waals surface area contributed by atoms with E-state index in [-0.39, 0.29) is 31.6 Å². The molecule has 2 unspecified atom stereocenters. The number of carbonyl (C=O) groups excluding carboxylic acids is 3. The van der Waals surface area contributed by atoms with Crippen molar-refractivity contribution in [2.24, 2.45) is 0 Å². The molecular weight excluding hydrogens is 622 g/mol. The van der Waals surface area contributed by atoms with E-state index < -0.39 is 59.5 Å². The van der Waals surface area contributed by atoms with Gasteiger partial charge in [-0.05, 0) is 55.7 Å². The van der Waals surface area contributed by atoms with Crippen molar-refractivity contribution in [2.75, 3.05) is 31.1 Å². The van der Waals surface area contributed by atoms with Gasteiger partial charge in [-0.25, -0.2) is 4.79 Å². The zero-order chi connectivity index (χ0) is 33.8. The molecule has 248 valence electrons. The Labute approximate surface area is 259 Å². The number of benzene rings is 2. The van der Waals surface area contributed by atoms with Crippen LogP contribution >= 0.6 is 0 Å². The number of aliphatic hydroxyl groups is 1. The molecule has 0 saturated carbocycles. The Balaban J connectivity index is 1.31. The third-order valence-electron chi connectivity index (χ3n) is 8.72. The summed E-state index contributed by atoms with van der Waals surface area (Å²) in [6, 6.07) is 8.09. The number of nitrogens with one attached hydrogen (secondary N) is 1. The summed E-state index contributed by atoms with van der Waals surface area (Å²) in [7, 11) is 0. The van der Waals surface area contributed by atoms with Gasteiger partial charge in [0.15, 0.2) is 0 Å². The van der Waals surface area contributed by atoms with E-state index in [1.807, 2.05) is 0 Å². The second kappa shape index (κ2) is 11.5. The molecule has 3 heterocycles. The second-order valence-electron chi connectivity index (χ2n) is 11.8. The van der Waals surface area contributed by atoms with Gasteiger partial charge in [0.05, 0.1) is 6.26 Å². The molecule has 0 spiro atoms. The molecule has 2 atom stereocenters. The molecule has 46 heavy (non-hydrogen) atoms. The number of hydrogen-bond donors (Lipinski definition) is 2. The summed E-state index contributed by atoms with van der Waals surface area (Å²) < 4.78 is 86.5. The van der Waals surface area contributed by atoms with Crippen molar-refractivity contribution in [3.05, 3.63) is 65.4 Å². The molecule has 0 radical (unpaired) electrons. The Bertz CT molecular complexity index is 1660. The van der Waals surface area contributed by atoms with E-state index >= 15 is 0 Å². The number of urea groups is 1. The lowest BCUT2D eigenvalue weighted by molar-refractivity contribution is -0.376. The Morgan fingerprint density at radius 1 is 1.04 bits per heavy atom. The first-order chi connectivity index (χ1) is 21.4. The lowest BCUT2D eigenvalue weighted by Gasteiger charge is -2.42. The zero-order valence-electron chi connectivity index (χ0n) is 25.1. The van der Waals surface area contributed by atoms with Gasteiger partial charge in [-0.15, -0.1) is 0 Å². The van der Waals surface area contributed by atoms with E-state index in [1.165, 1.54) is 11.2 Å². The van der Waals surface area contributed by atoms with Gasteiger partial charge in [-0.1, -0.05) is 31.5 Å². The number of hydrogen-bond acceptors (Lipinski definition) is 6. The number of carbonyl (C=O) groups is 3. The SMILES string of the molecule is CCCc1cc(C(O)(C(F)(F)F)C(F)(F)F)ccc1N1CCN(C(=O)CN2C(=O)NC(C)(c3ccc4occc4c3)C2=O)CC1C. The third kappa shape index (κ3) is 5.43. The van der Waals surface area contributed by atoms with Crippen molar-refractivity contribution in [1.82, 2.24) is 15.1 Å². The van der Waals surface area contributed by atoms with Crippen molar-refractivity contribution in [2.45, 2.75) is 63.1 Å². The summed E-state index contributed by atoms with van der Waals surface area (Å²) >= 11 is 0. The number of halogens is 6. The highest BCUT2D eigenvalue weighted by molar-refractivity contribution is 6.09. The largest absolute Gasteiger partial charge is 0.464 e. The predicted octanol–water partition coefficient (Wildman–Crippen LogP) is 5.20. The highest BCUT2D eigenvalue weighted by atomic mass is 19.4. The first-order valence-electron chi connectivity index (χ1n) is 14.6. The van der Waals surface area contributed by atoms with E-state index in [4.69, 9.17) is 4.42 Å². The fourth-order valence-electron chi connectivity index (χ4n) is 6.14. The number of rotatable bonds is 7. The quantitative estimate of drug-likeness (QED) is 0.268. The molecule has 5 rings (SSSR count). The third-order valence-corrected chi connectivity index (χ3v) is 8.72. The average Bonchev–Trinajstić information content (AvgIpc) is 3.54. The number of imide groups is 1. The Morgan fingerprint density at radius 2 is 1.74 bits per heavy atom. The lowest BCUT2D eigenvalue weighted by atomic mass is 9.89. The number of furan rings is 1. The maximum Gasteiger partial charge on any atom is 0.430 e. The van der Waals surface area contributed by atoms with Crippen LogP contribution in [-0.2, 0) is 27.1 Å². The fraction of sp³-hybridized carbons (Fsp3) is 0.452. The van der Waals surface area contributed by atoms with Crippen molar-refractivity contribution in [3.63, 3.8) is 0 Å². The number of amides is 4. The summed E-state index contributed by atoms with van der Waals surface area (Å²) in [6.45, 7) is 4.87. The molecule has 3 aromatic rings. The van der Waals surface area contributed by atoms with Gasteiger partial charge in [0, 0.05) is 42.3 Å². The number of alkyl halides is 6. The van der Waals surface area contributed by atoms with Gasteiger partial charge in [-0.3, -0.25) is 14.5 Å². The molecule has 4 amide bonds. The molecule has 15 heteroatoms. The molecule has 9 nitrogen and oxygen atoms in total. The first-order valence-corrected chi connectivity index (χ1v) is 14.6. The van der Waals surface area contributed by atoms with Crippen LogP contribution < -0.4 is 10.2 Å². The smallest absolute Gasteiger partial charge is 0.430 e. The summed E-state index contributed by atoms with van der Waals surface area (Å²) in [6.07, 6.45) is -9.97. The van der Waals surface area contributed by atoms with Crippen LogP contribution in [0.1, 0.15) is 43.9 Å². The fourth-order valence-corrected chi connectivity index (χ4v) is 6.14. The van der Waals surface area contributed by atoms with E-state index in [0.29, 0.717) is 29.3 Å². The van der Waals surface area contributed by atoms with Crippen LogP contribution in [-0.4, -0.2) is 77.3 Å². The predicted molar refractivity (Wildman–Crippen MR) is 154 cm³/mol. The van der Waals surface area contributed by atoms with E-state index in [9.17, 15) is 45.8 Å². The minimum absolute atomic E-state index is 0.110. The van der Waals surface area contributed by atoms with Crippen LogP contribution in [0.2, 0.25) is 0 Å². The molecule has 2 aliphatic rings. The van der Waals surface area contributed by atoms with Gasteiger partial charge in [-0.2, -0.15) is 26.3 Å². The highest BCUT2D eigenvalue weighted by Gasteiger charge is 2.71. The minimum Gasteiger partial charge on any atom is -0.464 e. The van der Waals surface area contributed by atoms with Crippen molar-refractivity contribution >= 4 is 34.5 Å². The average molecular weight is 655 g/mol. The Hall–Kier alpha value is -4.27. The van der Waals surface area contributed by atoms with Crippen molar-refractivity contribution in [3.8, 4) is 0 Å². The topological polar surface area (TPSA) is 106 Å². The molecular formula is C31H32F6N4O5. The van der Waals surface area contributed by atoms with E-state index in [1.54, 1.807) is 49.9 Å². The zero-order valence-corrected chi connectivity index (χ0v) is 25.1. The molecule has 2 N–H and O–H groups in total. The maximum absolute atomic E-state index is 13.5. The van der Waals surface area contributed by atoms with Gasteiger partial charge < -0.3 is 24.6 Å². The second-order valence-corrected chi connectivity index (χ2v) is 11.8. The highest BCUT2D eigenvalue weighted by Crippen LogP contribution is 2.50. The summed E-state index contributed by atoms with van der Waals surface area (Å²) in [5.41, 5.74) is -6.10. The minimum atomic E-state index is -6.01. The first kappa shape index (κ1) is 33.1. The normalized spacial score (nSPS) is 21.3. The van der Waals surface area contributed by atoms with Gasteiger partial charge in [0.1, 0.15) is 17.7 Å². The van der Waals surface area contributed by atoms with Crippen molar-refractivity contribution in [1.29, 1.82) is 0 Å².